The molecule has 3 nitrogen and oxygen atoms in total. The van der Waals surface area contributed by atoms with Gasteiger partial charge in [0.1, 0.15) is 0 Å². The van der Waals surface area contributed by atoms with Gasteiger partial charge in [-0.1, -0.05) is 36.7 Å². The summed E-state index contributed by atoms with van der Waals surface area (Å²) in [6, 6.07) is 9.93. The molecule has 2 aromatic rings. The number of nitrogens with zero attached hydrogens (tertiary/aromatic N) is 2. The molecule has 1 heterocycles. The van der Waals surface area contributed by atoms with Crippen LogP contribution in [-0.2, 0) is 7.05 Å². The number of halogens is 1. The normalized spacial score (nSPS) is 12.6. The Morgan fingerprint density at radius 2 is 2.12 bits per heavy atom. The quantitative estimate of drug-likeness (QED) is 0.903. The van der Waals surface area contributed by atoms with Crippen molar-refractivity contribution in [1.29, 1.82) is 0 Å². The van der Waals surface area contributed by atoms with Gasteiger partial charge in [0.2, 0.25) is 0 Å². The van der Waals surface area contributed by atoms with Crippen molar-refractivity contribution in [3.8, 4) is 0 Å². The van der Waals surface area contributed by atoms with Crippen molar-refractivity contribution in [2.75, 3.05) is 6.54 Å². The lowest BCUT2D eigenvalue weighted by molar-refractivity contribution is 0.600. The molecule has 1 aromatic heterocycles. The summed E-state index contributed by atoms with van der Waals surface area (Å²) in [4.78, 5) is 0. The molecule has 0 aliphatic rings. The number of aryl methyl sites for hydroxylation is 1. The maximum absolute atomic E-state index is 6.24. The molecule has 0 spiro atoms. The van der Waals surface area contributed by atoms with E-state index in [9.17, 15) is 0 Å². The monoisotopic (exact) mass is 249 g/mol. The molecule has 0 saturated carbocycles. The van der Waals surface area contributed by atoms with Crippen molar-refractivity contribution >= 4 is 11.6 Å². The van der Waals surface area contributed by atoms with Gasteiger partial charge >= 0.3 is 0 Å². The Balaban J connectivity index is 2.39. The number of nitrogens with one attached hydrogen (secondary N) is 1. The number of aromatic nitrogens is 2. The summed E-state index contributed by atoms with van der Waals surface area (Å²) in [6.45, 7) is 2.94. The summed E-state index contributed by atoms with van der Waals surface area (Å²) in [7, 11) is 1.92. The summed E-state index contributed by atoms with van der Waals surface area (Å²) < 4.78 is 1.80. The highest BCUT2D eigenvalue weighted by atomic mass is 35.5. The minimum Gasteiger partial charge on any atom is -0.305 e. The number of rotatable bonds is 4. The van der Waals surface area contributed by atoms with Crippen LogP contribution in [0.15, 0.2) is 36.5 Å². The van der Waals surface area contributed by atoms with Gasteiger partial charge in [0, 0.05) is 18.3 Å². The molecular formula is C13H16ClN3. The third-order valence-corrected chi connectivity index (χ3v) is 3.00. The first-order valence-corrected chi connectivity index (χ1v) is 6.07. The van der Waals surface area contributed by atoms with E-state index >= 15 is 0 Å². The van der Waals surface area contributed by atoms with Crippen LogP contribution in [0, 0.1) is 0 Å². The molecule has 1 aromatic carbocycles. The molecule has 1 unspecified atom stereocenters. The Labute approximate surface area is 106 Å². The zero-order chi connectivity index (χ0) is 12.3. The second-order valence-electron chi connectivity index (χ2n) is 3.93. The third-order valence-electron chi connectivity index (χ3n) is 2.65. The molecule has 17 heavy (non-hydrogen) atoms. The topological polar surface area (TPSA) is 29.9 Å². The molecule has 0 aliphatic heterocycles. The minimum absolute atomic E-state index is 0.0508. The van der Waals surface area contributed by atoms with E-state index in [2.05, 4.69) is 17.3 Å². The van der Waals surface area contributed by atoms with Gasteiger partial charge in [-0.2, -0.15) is 5.10 Å². The Morgan fingerprint density at radius 3 is 2.71 bits per heavy atom. The van der Waals surface area contributed by atoms with Crippen LogP contribution in [0.5, 0.6) is 0 Å². The highest BCUT2D eigenvalue weighted by Crippen LogP contribution is 2.26. The Kier molecular flexibility index (Phi) is 3.82. The zero-order valence-electron chi connectivity index (χ0n) is 10.0. The number of hydrogen-bond acceptors (Lipinski definition) is 2. The minimum atomic E-state index is 0.0508. The molecule has 0 radical (unpaired) electrons. The summed E-state index contributed by atoms with van der Waals surface area (Å²) in [5.74, 6) is 0. The lowest BCUT2D eigenvalue weighted by Crippen LogP contribution is -2.22. The third kappa shape index (κ3) is 2.68. The maximum atomic E-state index is 6.24. The van der Waals surface area contributed by atoms with Crippen LogP contribution in [-0.4, -0.2) is 16.3 Å². The number of benzene rings is 1. The molecule has 0 aliphatic carbocycles. The van der Waals surface area contributed by atoms with Gasteiger partial charge in [0.25, 0.3) is 0 Å². The van der Waals surface area contributed by atoms with E-state index < -0.39 is 0 Å². The fraction of sp³-hybridized carbons (Fsp3) is 0.308. The first kappa shape index (κ1) is 12.1. The highest BCUT2D eigenvalue weighted by molar-refractivity contribution is 6.31. The fourth-order valence-corrected chi connectivity index (χ4v) is 2.12. The predicted molar refractivity (Wildman–Crippen MR) is 70.2 cm³/mol. The largest absolute Gasteiger partial charge is 0.305 e. The van der Waals surface area contributed by atoms with Crippen LogP contribution in [0.25, 0.3) is 0 Å². The second-order valence-corrected chi connectivity index (χ2v) is 4.33. The van der Waals surface area contributed by atoms with Crippen LogP contribution in [0.1, 0.15) is 24.2 Å². The van der Waals surface area contributed by atoms with Crippen molar-refractivity contribution in [3.05, 3.63) is 52.8 Å². The molecule has 4 heteroatoms. The maximum Gasteiger partial charge on any atom is 0.0839 e. The highest BCUT2D eigenvalue weighted by Gasteiger charge is 2.17. The zero-order valence-corrected chi connectivity index (χ0v) is 10.8. The van der Waals surface area contributed by atoms with Gasteiger partial charge in [-0.15, -0.1) is 0 Å². The van der Waals surface area contributed by atoms with Gasteiger partial charge in [0.15, 0.2) is 0 Å². The molecule has 0 amide bonds. The van der Waals surface area contributed by atoms with E-state index in [0.29, 0.717) is 0 Å². The summed E-state index contributed by atoms with van der Waals surface area (Å²) in [5.41, 5.74) is 2.05. The molecular weight excluding hydrogens is 234 g/mol. The van der Waals surface area contributed by atoms with E-state index in [0.717, 1.165) is 22.8 Å². The van der Waals surface area contributed by atoms with E-state index in [1.807, 2.05) is 43.6 Å². The molecule has 1 N–H and O–H groups in total. The van der Waals surface area contributed by atoms with Crippen LogP contribution in [0.3, 0.4) is 0 Å². The molecule has 90 valence electrons. The Morgan fingerprint density at radius 1 is 1.35 bits per heavy atom. The first-order chi connectivity index (χ1) is 8.22. The average Bonchev–Trinajstić information content (AvgIpc) is 2.74. The predicted octanol–water partition coefficient (Wildman–Crippen LogP) is 2.77. The van der Waals surface area contributed by atoms with E-state index in [1.54, 1.807) is 4.68 Å². The molecule has 1 atom stereocenters. The summed E-state index contributed by atoms with van der Waals surface area (Å²) >= 11 is 6.24. The SMILES string of the molecule is CCNC(c1ccn(C)n1)c1ccccc1Cl. The van der Waals surface area contributed by atoms with Crippen molar-refractivity contribution in [3.63, 3.8) is 0 Å². The van der Waals surface area contributed by atoms with Gasteiger partial charge in [-0.3, -0.25) is 4.68 Å². The van der Waals surface area contributed by atoms with E-state index in [-0.39, 0.29) is 6.04 Å². The number of hydrogen-bond donors (Lipinski definition) is 1. The average molecular weight is 250 g/mol. The summed E-state index contributed by atoms with van der Waals surface area (Å²) in [6.07, 6.45) is 1.94. The van der Waals surface area contributed by atoms with E-state index in [1.165, 1.54) is 0 Å². The van der Waals surface area contributed by atoms with Crippen molar-refractivity contribution in [1.82, 2.24) is 15.1 Å². The van der Waals surface area contributed by atoms with Gasteiger partial charge in [0.05, 0.1) is 11.7 Å². The van der Waals surface area contributed by atoms with Crippen LogP contribution in [0.4, 0.5) is 0 Å². The fourth-order valence-electron chi connectivity index (χ4n) is 1.87. The van der Waals surface area contributed by atoms with Crippen LogP contribution >= 0.6 is 11.6 Å². The van der Waals surface area contributed by atoms with Crippen LogP contribution < -0.4 is 5.32 Å². The smallest absolute Gasteiger partial charge is 0.0839 e. The molecule has 0 bridgehead atoms. The lowest BCUT2D eigenvalue weighted by atomic mass is 10.0. The molecule has 0 fully saturated rings. The standard InChI is InChI=1S/C13H16ClN3/c1-3-15-13(12-8-9-17(2)16-12)10-6-4-5-7-11(10)14/h4-9,13,15H,3H2,1-2H3. The second kappa shape index (κ2) is 5.34. The van der Waals surface area contributed by atoms with Crippen molar-refractivity contribution in [2.45, 2.75) is 13.0 Å². The lowest BCUT2D eigenvalue weighted by Gasteiger charge is -2.17. The van der Waals surface area contributed by atoms with Crippen molar-refractivity contribution in [2.24, 2.45) is 7.05 Å². The van der Waals surface area contributed by atoms with Gasteiger partial charge in [-0.25, -0.2) is 0 Å². The summed E-state index contributed by atoms with van der Waals surface area (Å²) in [5, 5.41) is 8.62. The Hall–Kier alpha value is -1.32. The van der Waals surface area contributed by atoms with Gasteiger partial charge in [-0.05, 0) is 24.2 Å². The molecule has 0 saturated heterocycles. The van der Waals surface area contributed by atoms with Crippen LogP contribution in [0.2, 0.25) is 5.02 Å². The van der Waals surface area contributed by atoms with E-state index in [4.69, 9.17) is 11.6 Å². The Bertz CT molecular complexity index is 493. The first-order valence-electron chi connectivity index (χ1n) is 5.69. The van der Waals surface area contributed by atoms with Gasteiger partial charge < -0.3 is 5.32 Å². The molecule has 2 rings (SSSR count). The van der Waals surface area contributed by atoms with Crippen molar-refractivity contribution < 1.29 is 0 Å².